The van der Waals surface area contributed by atoms with Crippen LogP contribution in [0.15, 0.2) is 60.7 Å². The van der Waals surface area contributed by atoms with E-state index in [0.717, 1.165) is 11.4 Å². The second kappa shape index (κ2) is 7.84. The first kappa shape index (κ1) is 17.7. The molecule has 6 nitrogen and oxygen atoms in total. The molecule has 1 heterocycles. The second-order valence-electron chi connectivity index (χ2n) is 5.83. The van der Waals surface area contributed by atoms with Crippen LogP contribution in [-0.4, -0.2) is 30.2 Å². The molecule has 0 saturated heterocycles. The zero-order valence-electron chi connectivity index (χ0n) is 14.4. The topological polar surface area (TPSA) is 70.2 Å². The first-order valence-electron chi connectivity index (χ1n) is 7.96. The van der Waals surface area contributed by atoms with Crippen LogP contribution in [0.5, 0.6) is 0 Å². The number of aromatic nitrogens is 2. The summed E-state index contributed by atoms with van der Waals surface area (Å²) in [5, 5.41) is 14.5. The zero-order chi connectivity index (χ0) is 18.5. The molecule has 0 atom stereocenters. The summed E-state index contributed by atoms with van der Waals surface area (Å²) >= 11 is 5.90. The number of halogens is 1. The molecule has 0 aliphatic carbocycles. The smallest absolute Gasteiger partial charge is 0.256 e. The fourth-order valence-corrected chi connectivity index (χ4v) is 2.46. The number of rotatable bonds is 5. The van der Waals surface area contributed by atoms with Gasteiger partial charge in [-0.3, -0.25) is 4.79 Å². The van der Waals surface area contributed by atoms with Crippen LogP contribution in [0.3, 0.4) is 0 Å². The van der Waals surface area contributed by atoms with E-state index in [2.05, 4.69) is 20.8 Å². The van der Waals surface area contributed by atoms with E-state index in [9.17, 15) is 4.79 Å². The van der Waals surface area contributed by atoms with Crippen molar-refractivity contribution >= 4 is 40.5 Å². The molecule has 0 unspecified atom stereocenters. The van der Waals surface area contributed by atoms with Crippen molar-refractivity contribution in [1.29, 1.82) is 0 Å². The summed E-state index contributed by atoms with van der Waals surface area (Å²) in [5.74, 6) is 0.661. The largest absolute Gasteiger partial charge is 0.378 e. The van der Waals surface area contributed by atoms with E-state index in [-0.39, 0.29) is 5.91 Å². The van der Waals surface area contributed by atoms with Crippen LogP contribution in [-0.2, 0) is 0 Å². The number of nitrogens with zero attached hydrogens (tertiary/aromatic N) is 3. The lowest BCUT2D eigenvalue weighted by molar-refractivity contribution is 0.102. The molecule has 1 amide bonds. The van der Waals surface area contributed by atoms with E-state index < -0.39 is 0 Å². The zero-order valence-corrected chi connectivity index (χ0v) is 15.2. The highest BCUT2D eigenvalue weighted by Crippen LogP contribution is 2.19. The normalized spacial score (nSPS) is 10.3. The summed E-state index contributed by atoms with van der Waals surface area (Å²) in [4.78, 5) is 14.2. The molecule has 0 bridgehead atoms. The molecule has 1 aromatic heterocycles. The Morgan fingerprint density at radius 3 is 2.27 bits per heavy atom. The van der Waals surface area contributed by atoms with Crippen molar-refractivity contribution in [2.45, 2.75) is 0 Å². The SMILES string of the molecule is CN(C)c1ccc(Nc2ccc(NC(=O)c3cccc(Cl)c3)nn2)cc1. The Balaban J connectivity index is 1.64. The number of nitrogens with one attached hydrogen (secondary N) is 2. The van der Waals surface area contributed by atoms with Gasteiger partial charge >= 0.3 is 0 Å². The summed E-state index contributed by atoms with van der Waals surface area (Å²) in [6.07, 6.45) is 0. The maximum absolute atomic E-state index is 12.2. The first-order valence-corrected chi connectivity index (χ1v) is 8.34. The van der Waals surface area contributed by atoms with Gasteiger partial charge in [-0.2, -0.15) is 0 Å². The number of amides is 1. The van der Waals surface area contributed by atoms with Gasteiger partial charge in [-0.25, -0.2) is 0 Å². The molecule has 2 N–H and O–H groups in total. The molecule has 7 heteroatoms. The number of carbonyl (C=O) groups excluding carboxylic acids is 1. The van der Waals surface area contributed by atoms with Gasteiger partial charge in [-0.1, -0.05) is 17.7 Å². The monoisotopic (exact) mass is 367 g/mol. The number of benzene rings is 2. The molecule has 132 valence electrons. The van der Waals surface area contributed by atoms with Crippen LogP contribution in [0.2, 0.25) is 5.02 Å². The van der Waals surface area contributed by atoms with E-state index in [1.807, 2.05) is 43.3 Å². The molecule has 3 rings (SSSR count). The minimum atomic E-state index is -0.290. The lowest BCUT2D eigenvalue weighted by Gasteiger charge is -2.13. The van der Waals surface area contributed by atoms with Crippen molar-refractivity contribution in [3.05, 3.63) is 71.2 Å². The van der Waals surface area contributed by atoms with Crippen LogP contribution in [0.1, 0.15) is 10.4 Å². The van der Waals surface area contributed by atoms with Gasteiger partial charge in [-0.15, -0.1) is 10.2 Å². The van der Waals surface area contributed by atoms with E-state index in [0.29, 0.717) is 22.2 Å². The van der Waals surface area contributed by atoms with Crippen LogP contribution in [0.4, 0.5) is 23.0 Å². The molecule has 2 aromatic carbocycles. The fourth-order valence-electron chi connectivity index (χ4n) is 2.27. The molecule has 0 spiro atoms. The van der Waals surface area contributed by atoms with Crippen molar-refractivity contribution in [1.82, 2.24) is 10.2 Å². The number of hydrogen-bond donors (Lipinski definition) is 2. The Bertz CT molecular complexity index is 895. The fraction of sp³-hybridized carbons (Fsp3) is 0.105. The Hall–Kier alpha value is -3.12. The number of hydrogen-bond acceptors (Lipinski definition) is 5. The Morgan fingerprint density at radius 2 is 1.65 bits per heavy atom. The lowest BCUT2D eigenvalue weighted by atomic mass is 10.2. The van der Waals surface area contributed by atoms with Gasteiger partial charge < -0.3 is 15.5 Å². The molecular weight excluding hydrogens is 350 g/mol. The van der Waals surface area contributed by atoms with Crippen LogP contribution < -0.4 is 15.5 Å². The molecule has 0 radical (unpaired) electrons. The Kier molecular flexibility index (Phi) is 5.34. The standard InChI is InChI=1S/C19H18ClN5O/c1-25(2)16-8-6-15(7-9-16)21-17-10-11-18(24-23-17)22-19(26)13-4-3-5-14(20)12-13/h3-12H,1-2H3,(H,21,23)(H,22,24,26). The van der Waals surface area contributed by atoms with Gasteiger partial charge in [-0.05, 0) is 54.6 Å². The molecular formula is C19H18ClN5O. The van der Waals surface area contributed by atoms with Crippen molar-refractivity contribution in [3.63, 3.8) is 0 Å². The maximum atomic E-state index is 12.2. The summed E-state index contributed by atoms with van der Waals surface area (Å²) in [7, 11) is 3.98. The van der Waals surface area contributed by atoms with Gasteiger partial charge in [0, 0.05) is 36.1 Å². The molecule has 0 aliphatic rings. The van der Waals surface area contributed by atoms with Crippen molar-refractivity contribution in [2.24, 2.45) is 0 Å². The average molecular weight is 368 g/mol. The third kappa shape index (κ3) is 4.49. The highest BCUT2D eigenvalue weighted by Gasteiger charge is 2.08. The average Bonchev–Trinajstić information content (AvgIpc) is 2.64. The molecule has 0 aliphatic heterocycles. The van der Waals surface area contributed by atoms with Crippen LogP contribution in [0, 0.1) is 0 Å². The minimum absolute atomic E-state index is 0.290. The van der Waals surface area contributed by atoms with Crippen LogP contribution in [0.25, 0.3) is 0 Å². The summed E-state index contributed by atoms with van der Waals surface area (Å²) in [5.41, 5.74) is 2.48. The maximum Gasteiger partial charge on any atom is 0.256 e. The molecule has 26 heavy (non-hydrogen) atoms. The van der Waals surface area contributed by atoms with Gasteiger partial charge in [0.05, 0.1) is 0 Å². The number of anilines is 4. The molecule has 0 saturated carbocycles. The highest BCUT2D eigenvalue weighted by atomic mass is 35.5. The van der Waals surface area contributed by atoms with E-state index in [1.54, 1.807) is 36.4 Å². The van der Waals surface area contributed by atoms with Gasteiger partial charge in [0.25, 0.3) is 5.91 Å². The van der Waals surface area contributed by atoms with Gasteiger partial charge in [0.15, 0.2) is 11.6 Å². The summed E-state index contributed by atoms with van der Waals surface area (Å²) in [6, 6.07) is 18.1. The third-order valence-corrected chi connectivity index (χ3v) is 3.88. The predicted molar refractivity (Wildman–Crippen MR) is 105 cm³/mol. The van der Waals surface area contributed by atoms with E-state index in [4.69, 9.17) is 11.6 Å². The van der Waals surface area contributed by atoms with E-state index in [1.165, 1.54) is 0 Å². The lowest BCUT2D eigenvalue weighted by Crippen LogP contribution is -2.13. The van der Waals surface area contributed by atoms with Gasteiger partial charge in [0.2, 0.25) is 0 Å². The number of carbonyl (C=O) groups is 1. The van der Waals surface area contributed by atoms with Crippen LogP contribution >= 0.6 is 11.6 Å². The predicted octanol–water partition coefficient (Wildman–Crippen LogP) is 4.19. The van der Waals surface area contributed by atoms with Crippen molar-refractivity contribution in [3.8, 4) is 0 Å². The minimum Gasteiger partial charge on any atom is -0.378 e. The van der Waals surface area contributed by atoms with Crippen molar-refractivity contribution in [2.75, 3.05) is 29.6 Å². The van der Waals surface area contributed by atoms with Crippen molar-refractivity contribution < 1.29 is 4.79 Å². The first-order chi connectivity index (χ1) is 12.5. The Morgan fingerprint density at radius 1 is 0.962 bits per heavy atom. The summed E-state index contributed by atoms with van der Waals surface area (Å²) in [6.45, 7) is 0. The van der Waals surface area contributed by atoms with E-state index >= 15 is 0 Å². The van der Waals surface area contributed by atoms with Gasteiger partial charge in [0.1, 0.15) is 0 Å². The summed E-state index contributed by atoms with van der Waals surface area (Å²) < 4.78 is 0. The molecule has 0 fully saturated rings. The highest BCUT2D eigenvalue weighted by molar-refractivity contribution is 6.31. The molecule has 3 aromatic rings. The Labute approximate surface area is 156 Å². The second-order valence-corrected chi connectivity index (χ2v) is 6.27. The third-order valence-electron chi connectivity index (χ3n) is 3.65. The quantitative estimate of drug-likeness (QED) is 0.707.